The van der Waals surface area contributed by atoms with Crippen LogP contribution in [0.25, 0.3) is 0 Å². The molecule has 1 saturated carbocycles. The van der Waals surface area contributed by atoms with Crippen LogP contribution in [0.3, 0.4) is 0 Å². The van der Waals surface area contributed by atoms with Gasteiger partial charge in [-0.05, 0) is 80.8 Å². The molecule has 1 aromatic carbocycles. The van der Waals surface area contributed by atoms with Gasteiger partial charge in [-0.25, -0.2) is 0 Å². The highest BCUT2D eigenvalue weighted by atomic mass is 32.2. The molecule has 4 rings (SSSR count). The van der Waals surface area contributed by atoms with Crippen LogP contribution in [0.1, 0.15) is 64.9 Å². The minimum absolute atomic E-state index is 0.216. The monoisotopic (exact) mass is 472 g/mol. The number of benzene rings is 1. The van der Waals surface area contributed by atoms with E-state index in [9.17, 15) is 10.2 Å². The predicted molar refractivity (Wildman–Crippen MR) is 141 cm³/mol. The molecule has 33 heavy (non-hydrogen) atoms. The number of hydrogen-bond donors (Lipinski definition) is 4. The van der Waals surface area contributed by atoms with Gasteiger partial charge in [0, 0.05) is 17.8 Å². The summed E-state index contributed by atoms with van der Waals surface area (Å²) in [6.45, 7) is 8.51. The predicted octanol–water partition coefficient (Wildman–Crippen LogP) is 4.98. The average molecular weight is 473 g/mol. The van der Waals surface area contributed by atoms with Crippen molar-refractivity contribution in [3.05, 3.63) is 59.0 Å². The molecule has 5 atom stereocenters. The van der Waals surface area contributed by atoms with E-state index < -0.39 is 5.60 Å². The van der Waals surface area contributed by atoms with E-state index in [1.807, 2.05) is 31.2 Å². The van der Waals surface area contributed by atoms with Crippen molar-refractivity contribution in [3.63, 3.8) is 0 Å². The van der Waals surface area contributed by atoms with Crippen molar-refractivity contribution in [2.24, 2.45) is 11.8 Å². The Morgan fingerprint density at radius 3 is 2.48 bits per heavy atom. The summed E-state index contributed by atoms with van der Waals surface area (Å²) in [5, 5.41) is 27.8. The van der Waals surface area contributed by atoms with Crippen molar-refractivity contribution in [2.45, 2.75) is 83.1 Å². The second kappa shape index (κ2) is 13.1. The van der Waals surface area contributed by atoms with Crippen LogP contribution in [-0.2, 0) is 5.60 Å². The van der Waals surface area contributed by atoms with E-state index in [4.69, 9.17) is 0 Å². The molecule has 3 aliphatic rings. The zero-order chi connectivity index (χ0) is 23.7. The first-order valence-electron chi connectivity index (χ1n) is 12.8. The smallest absolute Gasteiger partial charge is 0.105 e. The lowest BCUT2D eigenvalue weighted by molar-refractivity contribution is -0.0646. The Bertz CT molecular complexity index is 760. The number of piperidine rings is 1. The highest BCUT2D eigenvalue weighted by Gasteiger charge is 2.46. The lowest BCUT2D eigenvalue weighted by Crippen LogP contribution is -2.57. The first-order chi connectivity index (χ1) is 16.0. The number of hydrogen-bond acceptors (Lipinski definition) is 5. The molecule has 3 fully saturated rings. The lowest BCUT2D eigenvalue weighted by atomic mass is 9.68. The maximum atomic E-state index is 11.1. The third-order valence-corrected chi connectivity index (χ3v) is 8.73. The number of aliphatic hydroxyl groups excluding tert-OH is 1. The summed E-state index contributed by atoms with van der Waals surface area (Å²) in [4.78, 5) is 1.34. The van der Waals surface area contributed by atoms with E-state index in [0.717, 1.165) is 43.7 Å². The summed E-state index contributed by atoms with van der Waals surface area (Å²) < 4.78 is 0. The summed E-state index contributed by atoms with van der Waals surface area (Å²) in [6, 6.07) is 10.8. The van der Waals surface area contributed by atoms with E-state index in [0.29, 0.717) is 17.9 Å². The van der Waals surface area contributed by atoms with Crippen molar-refractivity contribution in [2.75, 3.05) is 18.8 Å². The zero-order valence-corrected chi connectivity index (χ0v) is 21.5. The van der Waals surface area contributed by atoms with Gasteiger partial charge in [0.15, 0.2) is 0 Å². The van der Waals surface area contributed by atoms with Crippen LogP contribution in [0, 0.1) is 11.8 Å². The lowest BCUT2D eigenvalue weighted by Gasteiger charge is -2.48. The van der Waals surface area contributed by atoms with Gasteiger partial charge in [-0.1, -0.05) is 62.4 Å². The molecule has 2 aliphatic heterocycles. The molecule has 2 heterocycles. The van der Waals surface area contributed by atoms with Crippen molar-refractivity contribution in [3.8, 4) is 0 Å². The standard InChI is InChI=1S/C15H21NO.C13H23NOS/c17-15(13-8-2-1-3-9-13)10-4-6-12-7-5-11-16-14(12)15;1-4-5-6-13(10(2)3)16-9-12(15)11-7-8-14-11/h1-3,8-9,12,14,16-17H,4-7,10-11H2;4-6,10-12,14-15H,7-9H2,1-3H3/b;5-4-,13-6+/t;11-,12?/m.0/s1. The topological polar surface area (TPSA) is 64.5 Å². The van der Waals surface area contributed by atoms with Gasteiger partial charge in [0.1, 0.15) is 5.60 Å². The fourth-order valence-electron chi connectivity index (χ4n) is 5.20. The van der Waals surface area contributed by atoms with Gasteiger partial charge in [0.25, 0.3) is 0 Å². The highest BCUT2D eigenvalue weighted by Crippen LogP contribution is 2.43. The van der Waals surface area contributed by atoms with E-state index in [2.05, 4.69) is 48.8 Å². The van der Waals surface area contributed by atoms with E-state index >= 15 is 0 Å². The summed E-state index contributed by atoms with van der Waals surface area (Å²) in [7, 11) is 0. The van der Waals surface area contributed by atoms with Crippen molar-refractivity contribution in [1.29, 1.82) is 0 Å². The number of allylic oxidation sites excluding steroid dienone is 4. The molecule has 0 amide bonds. The number of fused-ring (bicyclic) bond motifs is 1. The Labute approximate surface area is 205 Å². The molecule has 0 radical (unpaired) electrons. The van der Waals surface area contributed by atoms with Gasteiger partial charge in [-0.3, -0.25) is 0 Å². The van der Waals surface area contributed by atoms with E-state index in [-0.39, 0.29) is 12.1 Å². The largest absolute Gasteiger partial charge is 0.391 e. The number of thioether (sulfide) groups is 1. The molecule has 184 valence electrons. The van der Waals surface area contributed by atoms with Crippen LogP contribution in [-0.4, -0.2) is 47.2 Å². The number of nitrogens with one attached hydrogen (secondary N) is 2. The molecule has 0 aromatic heterocycles. The van der Waals surface area contributed by atoms with Crippen LogP contribution in [0.4, 0.5) is 0 Å². The van der Waals surface area contributed by atoms with Crippen LogP contribution in [0.2, 0.25) is 0 Å². The van der Waals surface area contributed by atoms with Crippen molar-refractivity contribution in [1.82, 2.24) is 10.6 Å². The second-order valence-corrected chi connectivity index (χ2v) is 11.1. The minimum atomic E-state index is -0.648. The zero-order valence-electron chi connectivity index (χ0n) is 20.7. The first kappa shape index (κ1) is 26.5. The second-order valence-electron chi connectivity index (χ2n) is 9.99. The van der Waals surface area contributed by atoms with Crippen LogP contribution in [0.15, 0.2) is 53.5 Å². The molecular weight excluding hydrogens is 428 g/mol. The summed E-state index contributed by atoms with van der Waals surface area (Å²) in [5.41, 5.74) is 0.439. The van der Waals surface area contributed by atoms with Crippen LogP contribution >= 0.6 is 11.8 Å². The fraction of sp³-hybridized carbons (Fsp3) is 0.643. The molecule has 5 heteroatoms. The maximum absolute atomic E-state index is 11.1. The van der Waals surface area contributed by atoms with Crippen molar-refractivity contribution < 1.29 is 10.2 Å². The van der Waals surface area contributed by atoms with Crippen LogP contribution < -0.4 is 10.6 Å². The molecule has 1 aromatic rings. The van der Waals surface area contributed by atoms with Gasteiger partial charge < -0.3 is 20.8 Å². The quantitative estimate of drug-likeness (QED) is 0.421. The number of aliphatic hydroxyl groups is 2. The Balaban J connectivity index is 0.000000186. The SMILES string of the molecule is C/C=C\C=C(\SCC(O)[C@@H]1CCN1)C(C)C.OC1(c2ccccc2)CCCC2CCCNC21. The van der Waals surface area contributed by atoms with Gasteiger partial charge in [-0.2, -0.15) is 0 Å². The van der Waals surface area contributed by atoms with Gasteiger partial charge >= 0.3 is 0 Å². The number of rotatable bonds is 7. The van der Waals surface area contributed by atoms with Gasteiger partial charge in [0.05, 0.1) is 6.10 Å². The van der Waals surface area contributed by atoms with E-state index in [1.54, 1.807) is 11.8 Å². The van der Waals surface area contributed by atoms with E-state index in [1.165, 1.54) is 24.2 Å². The van der Waals surface area contributed by atoms with Gasteiger partial charge in [-0.15, -0.1) is 11.8 Å². The third-order valence-electron chi connectivity index (χ3n) is 7.28. The molecule has 2 saturated heterocycles. The van der Waals surface area contributed by atoms with Gasteiger partial charge in [0.2, 0.25) is 0 Å². The Kier molecular flexibility index (Phi) is 10.5. The normalized spacial score (nSPS) is 30.8. The Hall–Kier alpha value is -1.11. The summed E-state index contributed by atoms with van der Waals surface area (Å²) in [6.07, 6.45) is 13.0. The maximum Gasteiger partial charge on any atom is 0.105 e. The Morgan fingerprint density at radius 1 is 1.12 bits per heavy atom. The third kappa shape index (κ3) is 7.19. The molecular formula is C28H44N2O2S. The molecule has 4 N–H and O–H groups in total. The highest BCUT2D eigenvalue weighted by molar-refractivity contribution is 8.03. The minimum Gasteiger partial charge on any atom is -0.391 e. The molecule has 4 nitrogen and oxygen atoms in total. The fourth-order valence-corrected chi connectivity index (χ4v) is 6.30. The summed E-state index contributed by atoms with van der Waals surface area (Å²) in [5.74, 6) is 1.98. The molecule has 0 bridgehead atoms. The molecule has 4 unspecified atom stereocenters. The van der Waals surface area contributed by atoms with Crippen LogP contribution in [0.5, 0.6) is 0 Å². The molecule has 1 aliphatic carbocycles. The average Bonchev–Trinajstić information content (AvgIpc) is 2.79. The first-order valence-corrected chi connectivity index (χ1v) is 13.8. The van der Waals surface area contributed by atoms with Crippen molar-refractivity contribution >= 4 is 11.8 Å². The molecule has 0 spiro atoms. The Morgan fingerprint density at radius 2 is 1.85 bits per heavy atom. The summed E-state index contributed by atoms with van der Waals surface area (Å²) >= 11 is 1.78.